The van der Waals surface area contributed by atoms with Crippen LogP contribution in [0.1, 0.15) is 41.5 Å². The standard InChI is InChI=1S/C16H22ClNOS.C2H6/c1-10(2)20(5,11(3)4)14-9-13(17)12-7-6-8-18-15(12)16(14)19;1-2/h6-11,19H,1-5H3;1-2H3. The highest BCUT2D eigenvalue weighted by Crippen LogP contribution is 2.64. The molecule has 1 aromatic heterocycles. The Morgan fingerprint density at radius 1 is 1.14 bits per heavy atom. The highest BCUT2D eigenvalue weighted by Gasteiger charge is 2.32. The van der Waals surface area contributed by atoms with Gasteiger partial charge in [0.2, 0.25) is 0 Å². The van der Waals surface area contributed by atoms with Gasteiger partial charge >= 0.3 is 0 Å². The van der Waals surface area contributed by atoms with Gasteiger partial charge in [-0.2, -0.15) is 0 Å². The van der Waals surface area contributed by atoms with Crippen molar-refractivity contribution in [2.75, 3.05) is 6.26 Å². The van der Waals surface area contributed by atoms with Gasteiger partial charge in [0.25, 0.3) is 0 Å². The molecule has 0 aliphatic rings. The first-order valence-corrected chi connectivity index (χ1v) is 10.4. The summed E-state index contributed by atoms with van der Waals surface area (Å²) in [4.78, 5) is 5.28. The van der Waals surface area contributed by atoms with Gasteiger partial charge in [0.15, 0.2) is 5.75 Å². The average Bonchev–Trinajstić information content (AvgIpc) is 2.51. The van der Waals surface area contributed by atoms with E-state index < -0.39 is 10.0 Å². The van der Waals surface area contributed by atoms with Crippen molar-refractivity contribution in [1.29, 1.82) is 0 Å². The fourth-order valence-electron chi connectivity index (χ4n) is 2.55. The van der Waals surface area contributed by atoms with Crippen LogP contribution in [0.2, 0.25) is 5.02 Å². The Balaban J connectivity index is 0.00000116. The van der Waals surface area contributed by atoms with E-state index >= 15 is 0 Å². The van der Waals surface area contributed by atoms with Crippen LogP contribution in [0.25, 0.3) is 10.9 Å². The van der Waals surface area contributed by atoms with Crippen LogP contribution in [0.4, 0.5) is 0 Å². The molecule has 4 heteroatoms. The molecule has 0 bridgehead atoms. The summed E-state index contributed by atoms with van der Waals surface area (Å²) in [5.74, 6) is 0.296. The van der Waals surface area contributed by atoms with Crippen molar-refractivity contribution in [3.8, 4) is 5.75 Å². The summed E-state index contributed by atoms with van der Waals surface area (Å²) in [5, 5.41) is 13.1. The minimum Gasteiger partial charge on any atom is -0.505 e. The van der Waals surface area contributed by atoms with Crippen LogP contribution in [0, 0.1) is 0 Å². The third-order valence-corrected chi connectivity index (χ3v) is 9.70. The number of hydrogen-bond acceptors (Lipinski definition) is 2. The van der Waals surface area contributed by atoms with E-state index in [0.29, 0.717) is 26.8 Å². The quantitative estimate of drug-likeness (QED) is 0.717. The molecule has 0 radical (unpaired) electrons. The number of pyridine rings is 1. The van der Waals surface area contributed by atoms with Gasteiger partial charge < -0.3 is 5.11 Å². The van der Waals surface area contributed by atoms with Crippen LogP contribution in [-0.2, 0) is 0 Å². The van der Waals surface area contributed by atoms with E-state index in [-0.39, 0.29) is 0 Å². The van der Waals surface area contributed by atoms with Crippen molar-refractivity contribution in [2.24, 2.45) is 0 Å². The molecule has 0 saturated carbocycles. The van der Waals surface area contributed by atoms with Crippen molar-refractivity contribution in [3.63, 3.8) is 0 Å². The average molecular weight is 342 g/mol. The summed E-state index contributed by atoms with van der Waals surface area (Å²) >= 11 is 6.41. The molecule has 1 N–H and O–H groups in total. The van der Waals surface area contributed by atoms with Crippen molar-refractivity contribution >= 4 is 32.5 Å². The molecule has 0 unspecified atom stereocenters. The monoisotopic (exact) mass is 341 g/mol. The molecule has 2 nitrogen and oxygen atoms in total. The summed E-state index contributed by atoms with van der Waals surface area (Å²) in [6, 6.07) is 5.67. The number of nitrogens with zero attached hydrogens (tertiary/aromatic N) is 1. The Morgan fingerprint density at radius 3 is 2.18 bits per heavy atom. The molecular formula is C18H28ClNOS. The number of fused-ring (bicyclic) bond motifs is 1. The highest BCUT2D eigenvalue weighted by atomic mass is 35.5. The zero-order valence-electron chi connectivity index (χ0n) is 14.6. The normalized spacial score (nSPS) is 12.5. The fourth-order valence-corrected chi connectivity index (χ4v) is 5.87. The van der Waals surface area contributed by atoms with Crippen LogP contribution in [-0.4, -0.2) is 26.8 Å². The predicted molar refractivity (Wildman–Crippen MR) is 102 cm³/mol. The summed E-state index contributed by atoms with van der Waals surface area (Å²) in [6.45, 7) is 12.9. The van der Waals surface area contributed by atoms with E-state index in [4.69, 9.17) is 11.6 Å². The maximum Gasteiger partial charge on any atom is 0.154 e. The molecule has 0 saturated heterocycles. The van der Waals surface area contributed by atoms with E-state index in [9.17, 15) is 5.11 Å². The summed E-state index contributed by atoms with van der Waals surface area (Å²) in [5.41, 5.74) is 0.607. The molecule has 0 aliphatic carbocycles. The highest BCUT2D eigenvalue weighted by molar-refractivity contribution is 8.34. The van der Waals surface area contributed by atoms with E-state index in [0.717, 1.165) is 10.3 Å². The van der Waals surface area contributed by atoms with Gasteiger partial charge in [-0.05, 0) is 35.0 Å². The Bertz CT molecular complexity index is 632. The molecule has 1 aromatic carbocycles. The first-order valence-electron chi connectivity index (χ1n) is 7.82. The molecule has 1 heterocycles. The fraction of sp³-hybridized carbons (Fsp3) is 0.500. The van der Waals surface area contributed by atoms with Gasteiger partial charge in [0, 0.05) is 16.5 Å². The zero-order chi connectivity index (χ0) is 17.1. The molecule has 0 amide bonds. The number of halogens is 1. The third kappa shape index (κ3) is 3.21. The smallest absolute Gasteiger partial charge is 0.154 e. The Labute approximate surface area is 141 Å². The summed E-state index contributed by atoms with van der Waals surface area (Å²) in [6.07, 6.45) is 3.96. The Morgan fingerprint density at radius 2 is 1.68 bits per heavy atom. The maximum atomic E-state index is 10.7. The largest absolute Gasteiger partial charge is 0.505 e. The number of benzene rings is 1. The minimum atomic E-state index is -1.17. The second-order valence-electron chi connectivity index (χ2n) is 5.75. The number of phenols is 1. The molecule has 0 fully saturated rings. The number of aromatic nitrogens is 1. The Kier molecular flexibility index (Phi) is 6.57. The topological polar surface area (TPSA) is 33.1 Å². The van der Waals surface area contributed by atoms with Crippen molar-refractivity contribution in [1.82, 2.24) is 4.98 Å². The van der Waals surface area contributed by atoms with E-state index in [1.165, 1.54) is 0 Å². The van der Waals surface area contributed by atoms with Crippen LogP contribution in [0.3, 0.4) is 0 Å². The molecule has 0 atom stereocenters. The van der Waals surface area contributed by atoms with Crippen LogP contribution < -0.4 is 0 Å². The number of hydrogen-bond donors (Lipinski definition) is 1. The minimum absolute atomic E-state index is 0.296. The zero-order valence-corrected chi connectivity index (χ0v) is 16.2. The lowest BCUT2D eigenvalue weighted by Crippen LogP contribution is -2.20. The molecule has 0 spiro atoms. The molecular weight excluding hydrogens is 314 g/mol. The molecule has 2 rings (SSSR count). The van der Waals surface area contributed by atoms with Crippen molar-refractivity contribution in [3.05, 3.63) is 29.4 Å². The van der Waals surface area contributed by atoms with Gasteiger partial charge in [-0.25, -0.2) is 10.0 Å². The Hall–Kier alpha value is -0.930. The predicted octanol–water partition coefficient (Wildman–Crippen LogP) is 6.23. The van der Waals surface area contributed by atoms with Crippen LogP contribution in [0.5, 0.6) is 5.75 Å². The lowest BCUT2D eigenvalue weighted by atomic mass is 10.2. The second-order valence-corrected chi connectivity index (χ2v) is 10.6. The van der Waals surface area contributed by atoms with Gasteiger partial charge in [0.1, 0.15) is 5.52 Å². The van der Waals surface area contributed by atoms with Gasteiger partial charge in [-0.1, -0.05) is 53.1 Å². The first kappa shape index (κ1) is 19.1. The summed E-state index contributed by atoms with van der Waals surface area (Å²) < 4.78 is 0. The lowest BCUT2D eigenvalue weighted by molar-refractivity contribution is 0.467. The SMILES string of the molecule is CC.CC(C)S(C)(c1cc(Cl)c2cccnc2c1O)C(C)C. The molecule has 22 heavy (non-hydrogen) atoms. The van der Waals surface area contributed by atoms with E-state index in [2.05, 4.69) is 38.9 Å². The van der Waals surface area contributed by atoms with Crippen LogP contribution in [0.15, 0.2) is 29.3 Å². The number of rotatable bonds is 3. The number of aromatic hydroxyl groups is 1. The van der Waals surface area contributed by atoms with Gasteiger partial charge in [-0.3, -0.25) is 4.98 Å². The maximum absolute atomic E-state index is 10.7. The van der Waals surface area contributed by atoms with Crippen molar-refractivity contribution < 1.29 is 5.11 Å². The van der Waals surface area contributed by atoms with Gasteiger partial charge in [-0.15, -0.1) is 0 Å². The first-order chi connectivity index (χ1) is 10.3. The molecule has 0 aliphatic heterocycles. The lowest BCUT2D eigenvalue weighted by Gasteiger charge is -2.45. The van der Waals surface area contributed by atoms with E-state index in [1.54, 1.807) is 6.20 Å². The second kappa shape index (κ2) is 7.56. The third-order valence-electron chi connectivity index (χ3n) is 4.21. The van der Waals surface area contributed by atoms with Gasteiger partial charge in [0.05, 0.1) is 5.02 Å². The van der Waals surface area contributed by atoms with E-state index in [1.807, 2.05) is 32.0 Å². The summed E-state index contributed by atoms with van der Waals surface area (Å²) in [7, 11) is -1.17. The molecule has 124 valence electrons. The molecule has 2 aromatic rings. The van der Waals surface area contributed by atoms with Crippen molar-refractivity contribution in [2.45, 2.75) is 56.9 Å². The van der Waals surface area contributed by atoms with Crippen LogP contribution >= 0.6 is 21.6 Å². The number of phenolic OH excluding ortho intramolecular Hbond substituents is 1.